The number of hydrogen-bond acceptors (Lipinski definition) is 3. The lowest BCUT2D eigenvalue weighted by Crippen LogP contribution is -2.26. The fraction of sp³-hybridized carbons (Fsp3) is 0.500. The standard InChI is InChI=1S/C6H9N3O2/c1-6(2)8-4(5(7)10)3-9(6)11/h3H,1-2H3,(H2,7,10). The highest BCUT2D eigenvalue weighted by atomic mass is 16.5. The second kappa shape index (κ2) is 2.05. The van der Waals surface area contributed by atoms with Gasteiger partial charge in [0.15, 0.2) is 5.71 Å². The van der Waals surface area contributed by atoms with E-state index >= 15 is 0 Å². The van der Waals surface area contributed by atoms with Gasteiger partial charge in [0.05, 0.1) is 0 Å². The van der Waals surface area contributed by atoms with Crippen molar-refractivity contribution in [2.75, 3.05) is 0 Å². The summed E-state index contributed by atoms with van der Waals surface area (Å²) in [6.07, 6.45) is 1.10. The number of carbonyl (C=O) groups excluding carboxylic acids is 1. The second-order valence-corrected chi connectivity index (χ2v) is 2.81. The van der Waals surface area contributed by atoms with E-state index in [2.05, 4.69) is 4.99 Å². The number of aliphatic imine (C=N–C) groups is 1. The van der Waals surface area contributed by atoms with E-state index in [0.29, 0.717) is 4.74 Å². The molecule has 0 spiro atoms. The number of primary amides is 1. The molecule has 1 aliphatic heterocycles. The van der Waals surface area contributed by atoms with Crippen molar-refractivity contribution in [3.63, 3.8) is 0 Å². The Balaban J connectivity index is 3.01. The molecular weight excluding hydrogens is 146 g/mol. The van der Waals surface area contributed by atoms with Gasteiger partial charge in [-0.25, -0.2) is 4.99 Å². The van der Waals surface area contributed by atoms with Gasteiger partial charge in [-0.3, -0.25) is 4.79 Å². The summed E-state index contributed by atoms with van der Waals surface area (Å²) in [6.45, 7) is 3.21. The van der Waals surface area contributed by atoms with Crippen LogP contribution in [0.15, 0.2) is 4.99 Å². The van der Waals surface area contributed by atoms with E-state index in [9.17, 15) is 10.0 Å². The number of amides is 1. The summed E-state index contributed by atoms with van der Waals surface area (Å²) in [5.41, 5.74) is 4.06. The average molecular weight is 155 g/mol. The van der Waals surface area contributed by atoms with Crippen molar-refractivity contribution in [3.8, 4) is 0 Å². The first kappa shape index (κ1) is 7.71. The zero-order valence-electron chi connectivity index (χ0n) is 6.37. The fourth-order valence-electron chi connectivity index (χ4n) is 0.761. The van der Waals surface area contributed by atoms with E-state index in [1.165, 1.54) is 0 Å². The van der Waals surface area contributed by atoms with Crippen molar-refractivity contribution >= 4 is 17.8 Å². The third kappa shape index (κ3) is 1.21. The van der Waals surface area contributed by atoms with Crippen LogP contribution in [0.3, 0.4) is 0 Å². The lowest BCUT2D eigenvalue weighted by Gasteiger charge is -2.13. The minimum absolute atomic E-state index is 0.0324. The summed E-state index contributed by atoms with van der Waals surface area (Å²) in [5.74, 6) is -0.670. The minimum Gasteiger partial charge on any atom is -0.622 e. The maximum atomic E-state index is 10.9. The second-order valence-electron chi connectivity index (χ2n) is 2.81. The first-order valence-electron chi connectivity index (χ1n) is 3.14. The maximum Gasteiger partial charge on any atom is 0.273 e. The fourth-order valence-corrected chi connectivity index (χ4v) is 0.761. The van der Waals surface area contributed by atoms with Crippen molar-refractivity contribution in [3.05, 3.63) is 5.21 Å². The Labute approximate surface area is 63.8 Å². The molecule has 1 aliphatic rings. The van der Waals surface area contributed by atoms with Gasteiger partial charge in [0.2, 0.25) is 6.21 Å². The van der Waals surface area contributed by atoms with Crippen LogP contribution in [0.5, 0.6) is 0 Å². The molecule has 1 rings (SSSR count). The van der Waals surface area contributed by atoms with Crippen molar-refractivity contribution in [2.24, 2.45) is 10.7 Å². The van der Waals surface area contributed by atoms with Crippen LogP contribution in [0.1, 0.15) is 13.8 Å². The highest BCUT2D eigenvalue weighted by Gasteiger charge is 2.33. The molecular formula is C6H9N3O2. The van der Waals surface area contributed by atoms with Gasteiger partial charge in [-0.1, -0.05) is 0 Å². The first-order chi connectivity index (χ1) is 4.93. The molecule has 1 heterocycles. The molecule has 0 unspecified atom stereocenters. The Morgan fingerprint density at radius 2 is 2.36 bits per heavy atom. The molecule has 0 saturated heterocycles. The zero-order valence-corrected chi connectivity index (χ0v) is 6.37. The van der Waals surface area contributed by atoms with Crippen molar-refractivity contribution in [2.45, 2.75) is 19.5 Å². The monoisotopic (exact) mass is 155 g/mol. The third-order valence-electron chi connectivity index (χ3n) is 1.43. The van der Waals surface area contributed by atoms with Gasteiger partial charge in [-0.05, 0) is 0 Å². The van der Waals surface area contributed by atoms with Crippen LogP contribution in [-0.4, -0.2) is 28.2 Å². The number of carbonyl (C=O) groups is 1. The normalized spacial score (nSPS) is 20.9. The van der Waals surface area contributed by atoms with Crippen LogP contribution in [0.4, 0.5) is 0 Å². The van der Waals surface area contributed by atoms with Gasteiger partial charge in [-0.2, -0.15) is 4.74 Å². The molecule has 0 atom stereocenters. The Morgan fingerprint density at radius 1 is 1.82 bits per heavy atom. The average Bonchev–Trinajstić information content (AvgIpc) is 2.08. The maximum absolute atomic E-state index is 10.9. The van der Waals surface area contributed by atoms with Gasteiger partial charge in [0, 0.05) is 13.8 Å². The molecule has 0 saturated carbocycles. The van der Waals surface area contributed by atoms with Crippen LogP contribution in [0.25, 0.3) is 0 Å². The predicted octanol–water partition coefficient (Wildman–Crippen LogP) is -0.757. The SMILES string of the molecule is CC1(C)N=C(C(N)=O)C=[N+]1[O-]. The lowest BCUT2D eigenvalue weighted by molar-refractivity contribution is -0.528. The summed E-state index contributed by atoms with van der Waals surface area (Å²) in [6, 6.07) is 0. The molecule has 11 heavy (non-hydrogen) atoms. The molecule has 0 aromatic rings. The minimum atomic E-state index is -0.885. The van der Waals surface area contributed by atoms with E-state index in [-0.39, 0.29) is 5.71 Å². The van der Waals surface area contributed by atoms with Gasteiger partial charge < -0.3 is 10.9 Å². The highest BCUT2D eigenvalue weighted by molar-refractivity contribution is 6.60. The number of nitrogens with two attached hydrogens (primary N) is 1. The molecule has 0 bridgehead atoms. The van der Waals surface area contributed by atoms with Gasteiger partial charge in [0.25, 0.3) is 11.6 Å². The molecule has 0 fully saturated rings. The quantitative estimate of drug-likeness (QED) is 0.399. The summed E-state index contributed by atoms with van der Waals surface area (Å²) in [7, 11) is 0. The molecule has 0 aromatic carbocycles. The topological polar surface area (TPSA) is 81.5 Å². The first-order valence-corrected chi connectivity index (χ1v) is 3.14. The Morgan fingerprint density at radius 3 is 2.55 bits per heavy atom. The number of rotatable bonds is 1. The zero-order chi connectivity index (χ0) is 8.65. The van der Waals surface area contributed by atoms with Crippen molar-refractivity contribution in [1.29, 1.82) is 0 Å². The van der Waals surface area contributed by atoms with Gasteiger partial charge in [0.1, 0.15) is 0 Å². The largest absolute Gasteiger partial charge is 0.622 e. The van der Waals surface area contributed by atoms with E-state index in [4.69, 9.17) is 5.73 Å². The van der Waals surface area contributed by atoms with Gasteiger partial charge >= 0.3 is 0 Å². The number of hydroxylamine groups is 1. The smallest absolute Gasteiger partial charge is 0.273 e. The molecule has 0 aromatic heterocycles. The molecule has 60 valence electrons. The van der Waals surface area contributed by atoms with Crippen LogP contribution in [0, 0.1) is 5.21 Å². The molecule has 5 heteroatoms. The number of nitrogens with zero attached hydrogens (tertiary/aromatic N) is 2. The van der Waals surface area contributed by atoms with Crippen LogP contribution < -0.4 is 5.73 Å². The summed E-state index contributed by atoms with van der Waals surface area (Å²) in [4.78, 5) is 14.3. The van der Waals surface area contributed by atoms with E-state index in [1.807, 2.05) is 0 Å². The molecule has 0 radical (unpaired) electrons. The van der Waals surface area contributed by atoms with Gasteiger partial charge in [-0.15, -0.1) is 0 Å². The summed E-state index contributed by atoms with van der Waals surface area (Å²) < 4.78 is 0.604. The van der Waals surface area contributed by atoms with Crippen molar-refractivity contribution < 1.29 is 9.53 Å². The predicted molar refractivity (Wildman–Crippen MR) is 40.4 cm³/mol. The van der Waals surface area contributed by atoms with E-state index in [1.54, 1.807) is 13.8 Å². The Kier molecular flexibility index (Phi) is 1.44. The van der Waals surface area contributed by atoms with Crippen LogP contribution >= 0.6 is 0 Å². The molecule has 1 amide bonds. The van der Waals surface area contributed by atoms with Crippen molar-refractivity contribution in [1.82, 2.24) is 0 Å². The molecule has 0 aliphatic carbocycles. The Hall–Kier alpha value is -1.39. The van der Waals surface area contributed by atoms with Crippen LogP contribution in [0.2, 0.25) is 0 Å². The number of hydrogen-bond donors (Lipinski definition) is 1. The van der Waals surface area contributed by atoms with E-state index < -0.39 is 11.6 Å². The highest BCUT2D eigenvalue weighted by Crippen LogP contribution is 2.13. The lowest BCUT2D eigenvalue weighted by atomic mass is 10.3. The third-order valence-corrected chi connectivity index (χ3v) is 1.43. The Bertz CT molecular complexity index is 265. The summed E-state index contributed by atoms with van der Waals surface area (Å²) >= 11 is 0. The molecule has 2 N–H and O–H groups in total. The van der Waals surface area contributed by atoms with E-state index in [0.717, 1.165) is 6.21 Å². The summed E-state index contributed by atoms with van der Waals surface area (Å²) in [5, 5.41) is 10.9. The van der Waals surface area contributed by atoms with Crippen LogP contribution in [-0.2, 0) is 4.79 Å². The molecule has 5 nitrogen and oxygen atoms in total.